The first kappa shape index (κ1) is 8.79. The van der Waals surface area contributed by atoms with Crippen molar-refractivity contribution in [2.75, 3.05) is 0 Å². The minimum atomic E-state index is 0.600. The van der Waals surface area contributed by atoms with Crippen molar-refractivity contribution in [2.45, 2.75) is 0 Å². The van der Waals surface area contributed by atoms with Gasteiger partial charge in [0.2, 0.25) is 0 Å². The van der Waals surface area contributed by atoms with Crippen molar-refractivity contribution in [3.8, 4) is 6.07 Å². The Kier molecular flexibility index (Phi) is 2.14. The van der Waals surface area contributed by atoms with Gasteiger partial charge >= 0.3 is 0 Å². The third-order valence-electron chi connectivity index (χ3n) is 1.77. The molecule has 0 unspecified atom stereocenters. The molecule has 1 aromatic heterocycles. The molecule has 2 aromatic rings. The Balaban J connectivity index is 2.95. The van der Waals surface area contributed by atoms with Crippen molar-refractivity contribution in [3.63, 3.8) is 0 Å². The Bertz CT molecular complexity index is 508. The van der Waals surface area contributed by atoms with Gasteiger partial charge in [0.25, 0.3) is 0 Å². The summed E-state index contributed by atoms with van der Waals surface area (Å²) in [5, 5.41) is 9.82. The standard InChI is InChI=1S/C9H3Br2N2/c10-7-3-5-1-2-13-9(5)8(11)6(7)4-12/h2-3,13H. The van der Waals surface area contributed by atoms with Crippen LogP contribution in [0.15, 0.2) is 21.2 Å². The fourth-order valence-corrected chi connectivity index (χ4v) is 2.57. The Hall–Kier alpha value is -0.790. The molecule has 63 valence electrons. The van der Waals surface area contributed by atoms with Gasteiger partial charge in [-0.2, -0.15) is 5.26 Å². The molecular formula is C9H3Br2N2. The number of nitriles is 1. The molecule has 0 fully saturated rings. The van der Waals surface area contributed by atoms with Crippen LogP contribution in [-0.4, -0.2) is 4.98 Å². The number of nitrogens with one attached hydrogen (secondary N) is 1. The minimum absolute atomic E-state index is 0.600. The maximum atomic E-state index is 8.86. The van der Waals surface area contributed by atoms with Crippen LogP contribution in [0.3, 0.4) is 0 Å². The maximum absolute atomic E-state index is 8.86. The number of rotatable bonds is 0. The van der Waals surface area contributed by atoms with Crippen LogP contribution in [0, 0.1) is 17.4 Å². The molecule has 2 nitrogen and oxygen atoms in total. The highest BCUT2D eigenvalue weighted by Crippen LogP contribution is 2.31. The van der Waals surface area contributed by atoms with Crippen LogP contribution in [0.5, 0.6) is 0 Å². The van der Waals surface area contributed by atoms with E-state index in [1.54, 1.807) is 6.20 Å². The molecule has 0 atom stereocenters. The van der Waals surface area contributed by atoms with Crippen LogP contribution in [0.25, 0.3) is 10.9 Å². The average Bonchev–Trinajstić information content (AvgIpc) is 2.53. The summed E-state index contributed by atoms with van der Waals surface area (Å²) in [6.07, 6.45) is 1.73. The smallest absolute Gasteiger partial charge is 0.102 e. The summed E-state index contributed by atoms with van der Waals surface area (Å²) in [7, 11) is 0. The van der Waals surface area contributed by atoms with Crippen molar-refractivity contribution in [2.24, 2.45) is 0 Å². The summed E-state index contributed by atoms with van der Waals surface area (Å²) in [6.45, 7) is 0. The molecule has 13 heavy (non-hydrogen) atoms. The van der Waals surface area contributed by atoms with Crippen molar-refractivity contribution in [1.29, 1.82) is 5.26 Å². The lowest BCUT2D eigenvalue weighted by Gasteiger charge is -2.00. The third kappa shape index (κ3) is 1.28. The first-order chi connectivity index (χ1) is 6.24. The van der Waals surface area contributed by atoms with Crippen LogP contribution in [-0.2, 0) is 0 Å². The molecule has 1 heterocycles. The minimum Gasteiger partial charge on any atom is -0.360 e. The van der Waals surface area contributed by atoms with Gasteiger partial charge in [0.1, 0.15) is 6.07 Å². The molecular weight excluding hydrogens is 296 g/mol. The molecule has 2 rings (SSSR count). The van der Waals surface area contributed by atoms with E-state index in [0.717, 1.165) is 19.8 Å². The van der Waals surface area contributed by atoms with E-state index < -0.39 is 0 Å². The zero-order chi connectivity index (χ0) is 9.42. The molecule has 0 saturated heterocycles. The van der Waals surface area contributed by atoms with Gasteiger partial charge in [-0.05, 0) is 37.9 Å². The number of aromatic nitrogens is 1. The van der Waals surface area contributed by atoms with Crippen LogP contribution < -0.4 is 0 Å². The highest BCUT2D eigenvalue weighted by Gasteiger charge is 2.09. The fourth-order valence-electron chi connectivity index (χ4n) is 1.16. The van der Waals surface area contributed by atoms with Gasteiger partial charge in [0.15, 0.2) is 0 Å². The van der Waals surface area contributed by atoms with Gasteiger partial charge in [-0.15, -0.1) is 0 Å². The first-order valence-electron chi connectivity index (χ1n) is 3.51. The maximum Gasteiger partial charge on any atom is 0.102 e. The second kappa shape index (κ2) is 3.17. The molecule has 4 heteroatoms. The largest absolute Gasteiger partial charge is 0.360 e. The number of nitrogens with zero attached hydrogens (tertiary/aromatic N) is 1. The monoisotopic (exact) mass is 297 g/mol. The lowest BCUT2D eigenvalue weighted by Crippen LogP contribution is -1.82. The second-order valence-electron chi connectivity index (χ2n) is 2.51. The summed E-state index contributed by atoms with van der Waals surface area (Å²) >= 11 is 6.69. The van der Waals surface area contributed by atoms with E-state index in [2.05, 4.69) is 49.0 Å². The predicted octanol–water partition coefficient (Wildman–Crippen LogP) is 3.36. The molecule has 1 N–H and O–H groups in total. The molecule has 0 aliphatic carbocycles. The Morgan fingerprint density at radius 3 is 2.92 bits per heavy atom. The Morgan fingerprint density at radius 2 is 2.23 bits per heavy atom. The highest BCUT2D eigenvalue weighted by atomic mass is 79.9. The summed E-state index contributed by atoms with van der Waals surface area (Å²) in [6, 6.07) is 7.02. The van der Waals surface area contributed by atoms with E-state index in [9.17, 15) is 0 Å². The average molecular weight is 299 g/mol. The van der Waals surface area contributed by atoms with Gasteiger partial charge in [0, 0.05) is 22.1 Å². The third-order valence-corrected chi connectivity index (χ3v) is 3.19. The zero-order valence-electron chi connectivity index (χ0n) is 6.36. The van der Waals surface area contributed by atoms with Crippen LogP contribution in [0.4, 0.5) is 0 Å². The molecule has 1 radical (unpaired) electrons. The predicted molar refractivity (Wildman–Crippen MR) is 57.2 cm³/mol. The summed E-state index contributed by atoms with van der Waals surface area (Å²) in [5.41, 5.74) is 1.50. The van der Waals surface area contributed by atoms with Crippen LogP contribution >= 0.6 is 31.9 Å². The lowest BCUT2D eigenvalue weighted by atomic mass is 10.2. The highest BCUT2D eigenvalue weighted by molar-refractivity contribution is 9.11. The topological polar surface area (TPSA) is 39.6 Å². The molecule has 0 bridgehead atoms. The van der Waals surface area contributed by atoms with Crippen molar-refractivity contribution >= 4 is 42.8 Å². The van der Waals surface area contributed by atoms with Gasteiger partial charge < -0.3 is 4.98 Å². The van der Waals surface area contributed by atoms with Gasteiger partial charge in [-0.3, -0.25) is 0 Å². The Labute approximate surface area is 91.8 Å². The van der Waals surface area contributed by atoms with Crippen molar-refractivity contribution in [3.05, 3.63) is 32.8 Å². The van der Waals surface area contributed by atoms with Crippen LogP contribution in [0.1, 0.15) is 5.56 Å². The molecule has 1 aromatic carbocycles. The lowest BCUT2D eigenvalue weighted by molar-refractivity contribution is 1.43. The summed E-state index contributed by atoms with van der Waals surface area (Å²) < 4.78 is 1.56. The van der Waals surface area contributed by atoms with E-state index in [1.165, 1.54) is 0 Å². The summed E-state index contributed by atoms with van der Waals surface area (Å²) in [4.78, 5) is 3.02. The van der Waals surface area contributed by atoms with Crippen LogP contribution in [0.2, 0.25) is 0 Å². The quantitative estimate of drug-likeness (QED) is 0.796. The number of hydrogen-bond donors (Lipinski definition) is 1. The van der Waals surface area contributed by atoms with Crippen molar-refractivity contribution in [1.82, 2.24) is 4.98 Å². The Morgan fingerprint density at radius 1 is 1.46 bits per heavy atom. The van der Waals surface area contributed by atoms with E-state index in [0.29, 0.717) is 5.56 Å². The van der Waals surface area contributed by atoms with Gasteiger partial charge in [-0.1, -0.05) is 0 Å². The number of halogens is 2. The first-order valence-corrected chi connectivity index (χ1v) is 5.09. The number of H-pyrrole nitrogens is 1. The molecule has 0 aliphatic heterocycles. The number of aromatic amines is 1. The number of benzene rings is 1. The normalized spacial score (nSPS) is 10.2. The van der Waals surface area contributed by atoms with Gasteiger partial charge in [0.05, 0.1) is 15.6 Å². The van der Waals surface area contributed by atoms with E-state index >= 15 is 0 Å². The fraction of sp³-hybridized carbons (Fsp3) is 0. The van der Waals surface area contributed by atoms with Crippen molar-refractivity contribution < 1.29 is 0 Å². The van der Waals surface area contributed by atoms with Gasteiger partial charge in [-0.25, -0.2) is 0 Å². The molecule has 0 spiro atoms. The summed E-state index contributed by atoms with van der Waals surface area (Å²) in [5.74, 6) is 0. The van der Waals surface area contributed by atoms with E-state index in [-0.39, 0.29) is 0 Å². The molecule has 0 aliphatic rings. The van der Waals surface area contributed by atoms with E-state index in [4.69, 9.17) is 5.26 Å². The molecule has 0 amide bonds. The molecule has 0 saturated carbocycles. The second-order valence-corrected chi connectivity index (χ2v) is 4.16. The SMILES string of the molecule is N#Cc1c(Br)cc2[c]c[nH]c2c1Br. The number of hydrogen-bond acceptors (Lipinski definition) is 1. The van der Waals surface area contributed by atoms with E-state index in [1.807, 2.05) is 6.07 Å². The number of fused-ring (bicyclic) bond motifs is 1. The zero-order valence-corrected chi connectivity index (χ0v) is 9.53.